The molecule has 2 N–H and O–H groups in total. The summed E-state index contributed by atoms with van der Waals surface area (Å²) in [7, 11) is 1.62. The van der Waals surface area contributed by atoms with Crippen LogP contribution in [0.5, 0.6) is 5.75 Å². The van der Waals surface area contributed by atoms with Crippen molar-refractivity contribution in [2.24, 2.45) is 5.92 Å². The number of aliphatic hydroxyl groups is 1. The summed E-state index contributed by atoms with van der Waals surface area (Å²) in [6, 6.07) is 7.52. The number of benzene rings is 1. The van der Waals surface area contributed by atoms with Crippen molar-refractivity contribution >= 4 is 17.2 Å². The minimum Gasteiger partial charge on any atom is -0.497 e. The molecule has 2 aromatic rings. The highest BCUT2D eigenvalue weighted by molar-refractivity contribution is 7.13. The fraction of sp³-hybridized carbons (Fsp3) is 0.375. The molecule has 0 fully saturated rings. The number of rotatable bonds is 6. The molecule has 22 heavy (non-hydrogen) atoms. The van der Waals surface area contributed by atoms with Gasteiger partial charge in [0.05, 0.1) is 13.2 Å². The Labute approximate surface area is 134 Å². The number of nitrogens with zero attached hydrogens (tertiary/aromatic N) is 1. The number of methoxy groups -OCH3 is 1. The molecule has 118 valence electrons. The molecule has 1 aromatic heterocycles. The van der Waals surface area contributed by atoms with Gasteiger partial charge in [-0.25, -0.2) is 4.98 Å². The predicted molar refractivity (Wildman–Crippen MR) is 87.3 cm³/mol. The highest BCUT2D eigenvalue weighted by Crippen LogP contribution is 2.25. The second-order valence-corrected chi connectivity index (χ2v) is 6.15. The van der Waals surface area contributed by atoms with Gasteiger partial charge in [-0.2, -0.15) is 0 Å². The van der Waals surface area contributed by atoms with E-state index in [1.165, 1.54) is 11.3 Å². The van der Waals surface area contributed by atoms with Crippen molar-refractivity contribution in [3.05, 3.63) is 35.3 Å². The van der Waals surface area contributed by atoms with Crippen LogP contribution in [0.4, 0.5) is 0 Å². The fourth-order valence-corrected chi connectivity index (χ4v) is 2.57. The van der Waals surface area contributed by atoms with Gasteiger partial charge in [0, 0.05) is 17.5 Å². The summed E-state index contributed by atoms with van der Waals surface area (Å²) in [4.78, 5) is 16.4. The highest BCUT2D eigenvalue weighted by Gasteiger charge is 2.15. The molecule has 1 aromatic carbocycles. The third-order valence-corrected chi connectivity index (χ3v) is 4.21. The molecule has 2 rings (SSSR count). The third-order valence-electron chi connectivity index (χ3n) is 3.32. The number of thiazole rings is 1. The van der Waals surface area contributed by atoms with E-state index in [1.54, 1.807) is 12.5 Å². The summed E-state index contributed by atoms with van der Waals surface area (Å²) in [6.45, 7) is 4.04. The predicted octanol–water partition coefficient (Wildman–Crippen LogP) is 2.57. The summed E-state index contributed by atoms with van der Waals surface area (Å²) in [6.07, 6.45) is -0.552. The van der Waals surface area contributed by atoms with E-state index in [2.05, 4.69) is 10.3 Å². The van der Waals surface area contributed by atoms with Crippen LogP contribution in [0, 0.1) is 5.92 Å². The number of hydrogen-bond donors (Lipinski definition) is 2. The normalized spacial score (nSPS) is 12.2. The van der Waals surface area contributed by atoms with Gasteiger partial charge in [-0.1, -0.05) is 13.8 Å². The van der Waals surface area contributed by atoms with Crippen LogP contribution in [0.3, 0.4) is 0 Å². The number of carbonyl (C=O) groups is 1. The van der Waals surface area contributed by atoms with Crippen LogP contribution < -0.4 is 10.1 Å². The molecule has 1 heterocycles. The zero-order valence-corrected chi connectivity index (χ0v) is 13.7. The van der Waals surface area contributed by atoms with Crippen molar-refractivity contribution in [2.75, 3.05) is 13.7 Å². The Morgan fingerprint density at radius 2 is 2.05 bits per heavy atom. The van der Waals surface area contributed by atoms with Crippen molar-refractivity contribution in [3.63, 3.8) is 0 Å². The number of carbonyl (C=O) groups excluding carboxylic acids is 1. The highest BCUT2D eigenvalue weighted by atomic mass is 32.1. The molecule has 1 atom stereocenters. The monoisotopic (exact) mass is 320 g/mol. The summed E-state index contributed by atoms with van der Waals surface area (Å²) in [5.41, 5.74) is 1.30. The second-order valence-electron chi connectivity index (χ2n) is 5.29. The summed E-state index contributed by atoms with van der Waals surface area (Å²) < 4.78 is 5.12. The second kappa shape index (κ2) is 7.38. The van der Waals surface area contributed by atoms with Crippen molar-refractivity contribution in [3.8, 4) is 16.3 Å². The lowest BCUT2D eigenvalue weighted by molar-refractivity contribution is 0.0868. The number of nitrogens with one attached hydrogen (secondary N) is 1. The molecule has 0 spiro atoms. The number of aliphatic hydroxyl groups excluding tert-OH is 1. The van der Waals surface area contributed by atoms with Gasteiger partial charge in [0.1, 0.15) is 16.5 Å². The molecule has 0 bridgehead atoms. The molecule has 0 saturated carbocycles. The van der Waals surface area contributed by atoms with Crippen LogP contribution in [0.25, 0.3) is 10.6 Å². The Kier molecular flexibility index (Phi) is 5.51. The van der Waals surface area contributed by atoms with Crippen LogP contribution in [-0.4, -0.2) is 35.8 Å². The molecule has 1 amide bonds. The lowest BCUT2D eigenvalue weighted by Gasteiger charge is -2.14. The van der Waals surface area contributed by atoms with Crippen molar-refractivity contribution < 1.29 is 14.6 Å². The quantitative estimate of drug-likeness (QED) is 0.858. The Hall–Kier alpha value is -1.92. The van der Waals surface area contributed by atoms with Gasteiger partial charge in [-0.3, -0.25) is 4.79 Å². The van der Waals surface area contributed by atoms with Gasteiger partial charge in [-0.05, 0) is 30.2 Å². The Balaban J connectivity index is 2.02. The van der Waals surface area contributed by atoms with Crippen LogP contribution >= 0.6 is 11.3 Å². The van der Waals surface area contributed by atoms with Gasteiger partial charge in [0.15, 0.2) is 0 Å². The maximum absolute atomic E-state index is 12.0. The molecule has 0 saturated heterocycles. The zero-order valence-electron chi connectivity index (χ0n) is 12.9. The summed E-state index contributed by atoms with van der Waals surface area (Å²) in [5, 5.41) is 14.9. The van der Waals surface area contributed by atoms with Crippen molar-refractivity contribution in [2.45, 2.75) is 20.0 Å². The van der Waals surface area contributed by atoms with Gasteiger partial charge < -0.3 is 15.2 Å². The van der Waals surface area contributed by atoms with Crippen LogP contribution in [0.2, 0.25) is 0 Å². The molecular weight excluding hydrogens is 300 g/mol. The fourth-order valence-electron chi connectivity index (χ4n) is 1.77. The van der Waals surface area contributed by atoms with E-state index in [1.807, 2.05) is 38.1 Å². The summed E-state index contributed by atoms with van der Waals surface area (Å²) >= 11 is 1.41. The average molecular weight is 320 g/mol. The largest absolute Gasteiger partial charge is 0.497 e. The first kappa shape index (κ1) is 16.5. The molecule has 5 nitrogen and oxygen atoms in total. The van der Waals surface area contributed by atoms with E-state index in [0.717, 1.165) is 16.3 Å². The average Bonchev–Trinajstić information content (AvgIpc) is 3.02. The molecule has 1 unspecified atom stereocenters. The van der Waals surface area contributed by atoms with Crippen molar-refractivity contribution in [1.29, 1.82) is 0 Å². The Bertz CT molecular complexity index is 623. The SMILES string of the molecule is COc1ccc(-c2nc(C(=O)NCC(O)C(C)C)cs2)cc1. The molecule has 0 aliphatic rings. The van der Waals surface area contributed by atoms with Crippen LogP contribution in [0.15, 0.2) is 29.6 Å². The van der Waals surface area contributed by atoms with Gasteiger partial charge in [0.2, 0.25) is 0 Å². The molecule has 0 aliphatic carbocycles. The molecule has 0 aliphatic heterocycles. The zero-order chi connectivity index (χ0) is 16.1. The standard InChI is InChI=1S/C16H20N2O3S/c1-10(2)14(19)8-17-15(20)13-9-22-16(18-13)11-4-6-12(21-3)7-5-11/h4-7,9-10,14,19H,8H2,1-3H3,(H,17,20). The maximum atomic E-state index is 12.0. The van der Waals surface area contributed by atoms with E-state index in [-0.39, 0.29) is 18.4 Å². The number of amides is 1. The molecule has 0 radical (unpaired) electrons. The first-order valence-corrected chi connectivity index (χ1v) is 7.95. The smallest absolute Gasteiger partial charge is 0.270 e. The van der Waals surface area contributed by atoms with E-state index in [4.69, 9.17) is 4.74 Å². The minimum atomic E-state index is -0.552. The van der Waals surface area contributed by atoms with E-state index in [9.17, 15) is 9.90 Å². The topological polar surface area (TPSA) is 71.5 Å². The molecule has 6 heteroatoms. The lowest BCUT2D eigenvalue weighted by Crippen LogP contribution is -2.34. The van der Waals surface area contributed by atoms with E-state index < -0.39 is 6.10 Å². The third kappa shape index (κ3) is 4.05. The molecular formula is C16H20N2O3S. The van der Waals surface area contributed by atoms with E-state index >= 15 is 0 Å². The summed E-state index contributed by atoms with van der Waals surface area (Å²) in [5.74, 6) is 0.613. The number of aromatic nitrogens is 1. The lowest BCUT2D eigenvalue weighted by atomic mass is 10.1. The first-order valence-electron chi connectivity index (χ1n) is 7.07. The first-order chi connectivity index (χ1) is 10.5. The minimum absolute atomic E-state index is 0.102. The van der Waals surface area contributed by atoms with Crippen molar-refractivity contribution in [1.82, 2.24) is 10.3 Å². The number of hydrogen-bond acceptors (Lipinski definition) is 5. The van der Waals surface area contributed by atoms with Crippen LogP contribution in [-0.2, 0) is 0 Å². The van der Waals surface area contributed by atoms with Gasteiger partial charge in [0.25, 0.3) is 5.91 Å². The van der Waals surface area contributed by atoms with E-state index in [0.29, 0.717) is 5.69 Å². The Morgan fingerprint density at radius 1 is 1.36 bits per heavy atom. The van der Waals surface area contributed by atoms with Gasteiger partial charge in [-0.15, -0.1) is 11.3 Å². The number of ether oxygens (including phenoxy) is 1. The van der Waals surface area contributed by atoms with Crippen LogP contribution in [0.1, 0.15) is 24.3 Å². The maximum Gasteiger partial charge on any atom is 0.270 e. The van der Waals surface area contributed by atoms with Gasteiger partial charge >= 0.3 is 0 Å². The Morgan fingerprint density at radius 3 is 2.64 bits per heavy atom.